The lowest BCUT2D eigenvalue weighted by molar-refractivity contribution is 0.667. The summed E-state index contributed by atoms with van der Waals surface area (Å²) in [5.41, 5.74) is 10.8. The highest BCUT2D eigenvalue weighted by Crippen LogP contribution is 2.41. The summed E-state index contributed by atoms with van der Waals surface area (Å²) >= 11 is 0. The first kappa shape index (κ1) is 28.6. The number of fused-ring (bicyclic) bond motifs is 9. The van der Waals surface area contributed by atoms with Gasteiger partial charge in [0.05, 0.1) is 0 Å². The topological polar surface area (TPSA) is 26.3 Å². The molecule has 2 heteroatoms. The van der Waals surface area contributed by atoms with Crippen molar-refractivity contribution in [2.75, 3.05) is 0 Å². The zero-order valence-corrected chi connectivity index (χ0v) is 27.4. The highest BCUT2D eigenvalue weighted by molar-refractivity contribution is 6.22. The standard InChI is InChI=1S/C48H32O2/c1-2-7-17-37(36-19-9-8-18-35(36)34(16-6-1)33-26-24-32(25-27-33)31-14-4-3-5-15-31)40-29-43-39-21-11-13-23-46(39)50-48(43)44-30-47-42(28-41(40)44)38-20-10-12-22-45(38)49-47/h3-30H,1-2H2/b16-6?,17-7+,35-34?,37-36+. The van der Waals surface area contributed by atoms with Gasteiger partial charge >= 0.3 is 0 Å². The van der Waals surface area contributed by atoms with Crippen LogP contribution in [0.2, 0.25) is 0 Å². The summed E-state index contributed by atoms with van der Waals surface area (Å²) in [6, 6.07) is 52.0. The van der Waals surface area contributed by atoms with Crippen molar-refractivity contribution in [3.05, 3.63) is 191 Å². The average molecular weight is 641 g/mol. The van der Waals surface area contributed by atoms with Crippen LogP contribution >= 0.6 is 0 Å². The maximum absolute atomic E-state index is 6.62. The molecular formula is C48H32O2. The van der Waals surface area contributed by atoms with Crippen LogP contribution in [0.25, 0.3) is 76.9 Å². The first-order valence-electron chi connectivity index (χ1n) is 17.3. The highest BCUT2D eigenvalue weighted by Gasteiger charge is 2.19. The van der Waals surface area contributed by atoms with Crippen LogP contribution in [-0.4, -0.2) is 0 Å². The molecule has 50 heavy (non-hydrogen) atoms. The summed E-state index contributed by atoms with van der Waals surface area (Å²) in [4.78, 5) is 0. The Balaban J connectivity index is 1.33. The Morgan fingerprint density at radius 2 is 0.920 bits per heavy atom. The molecule has 1 aliphatic rings. The van der Waals surface area contributed by atoms with Gasteiger partial charge in [-0.15, -0.1) is 0 Å². The Morgan fingerprint density at radius 1 is 0.360 bits per heavy atom. The Morgan fingerprint density at radius 3 is 1.68 bits per heavy atom. The van der Waals surface area contributed by atoms with E-state index in [1.165, 1.54) is 43.8 Å². The van der Waals surface area contributed by atoms with Gasteiger partial charge in [-0.05, 0) is 92.4 Å². The van der Waals surface area contributed by atoms with Crippen molar-refractivity contribution in [3.63, 3.8) is 0 Å². The number of para-hydroxylation sites is 2. The lowest BCUT2D eigenvalue weighted by atomic mass is 9.90. The van der Waals surface area contributed by atoms with Crippen LogP contribution in [-0.2, 0) is 0 Å². The molecule has 0 unspecified atom stereocenters. The van der Waals surface area contributed by atoms with E-state index >= 15 is 0 Å². The van der Waals surface area contributed by atoms with Crippen molar-refractivity contribution >= 4 is 65.8 Å². The molecule has 0 N–H and O–H groups in total. The molecule has 0 fully saturated rings. The van der Waals surface area contributed by atoms with E-state index in [4.69, 9.17) is 8.83 Å². The first-order chi connectivity index (χ1) is 24.8. The Hall–Kier alpha value is -6.38. The minimum absolute atomic E-state index is 0.865. The molecule has 0 radical (unpaired) electrons. The summed E-state index contributed by atoms with van der Waals surface area (Å²) in [5.74, 6) is 0. The smallest absolute Gasteiger partial charge is 0.143 e. The summed E-state index contributed by atoms with van der Waals surface area (Å²) in [6.07, 6.45) is 11.2. The molecule has 1 aliphatic carbocycles. The second-order valence-electron chi connectivity index (χ2n) is 13.1. The Labute approximate surface area is 289 Å². The van der Waals surface area contributed by atoms with E-state index in [1.807, 2.05) is 18.2 Å². The summed E-state index contributed by atoms with van der Waals surface area (Å²) in [5, 5.41) is 9.04. The van der Waals surface area contributed by atoms with Gasteiger partial charge in [0.1, 0.15) is 22.3 Å². The average Bonchev–Trinajstić information content (AvgIpc) is 3.74. The molecule has 10 rings (SSSR count). The quantitative estimate of drug-likeness (QED) is 0.192. The van der Waals surface area contributed by atoms with E-state index in [0.29, 0.717) is 0 Å². The molecule has 0 aliphatic heterocycles. The fourth-order valence-corrected chi connectivity index (χ4v) is 7.72. The molecule has 0 bridgehead atoms. The molecule has 7 aromatic carbocycles. The number of furan rings is 2. The molecule has 2 heterocycles. The fourth-order valence-electron chi connectivity index (χ4n) is 7.72. The molecule has 9 aromatic rings. The van der Waals surface area contributed by atoms with Gasteiger partial charge in [0.2, 0.25) is 0 Å². The molecule has 0 atom stereocenters. The molecule has 236 valence electrons. The van der Waals surface area contributed by atoms with Crippen LogP contribution in [0.1, 0.15) is 24.0 Å². The van der Waals surface area contributed by atoms with Crippen molar-refractivity contribution in [1.82, 2.24) is 0 Å². The van der Waals surface area contributed by atoms with Crippen LogP contribution in [0.5, 0.6) is 0 Å². The lowest BCUT2D eigenvalue weighted by Crippen LogP contribution is -2.29. The van der Waals surface area contributed by atoms with Crippen molar-refractivity contribution in [2.45, 2.75) is 12.8 Å². The third-order valence-corrected chi connectivity index (χ3v) is 10.1. The second kappa shape index (κ2) is 11.6. The largest absolute Gasteiger partial charge is 0.456 e. The summed E-state index contributed by atoms with van der Waals surface area (Å²) in [7, 11) is 0. The van der Waals surface area contributed by atoms with Crippen LogP contribution in [0.4, 0.5) is 0 Å². The molecule has 2 aromatic heterocycles. The molecule has 2 nitrogen and oxygen atoms in total. The monoisotopic (exact) mass is 640 g/mol. The van der Waals surface area contributed by atoms with E-state index in [9.17, 15) is 0 Å². The number of rotatable bonds is 3. The van der Waals surface area contributed by atoms with Crippen LogP contribution in [0, 0.1) is 0 Å². The van der Waals surface area contributed by atoms with Gasteiger partial charge < -0.3 is 8.83 Å². The van der Waals surface area contributed by atoms with Crippen LogP contribution in [0.15, 0.2) is 179 Å². The molecular weight excluding hydrogens is 609 g/mol. The number of benzene rings is 7. The molecule has 0 spiro atoms. The molecule has 0 saturated heterocycles. The van der Waals surface area contributed by atoms with Gasteiger partial charge in [0.15, 0.2) is 0 Å². The zero-order chi connectivity index (χ0) is 33.0. The first-order valence-corrected chi connectivity index (χ1v) is 17.3. The Bertz CT molecular complexity index is 2950. The number of allylic oxidation sites excluding steroid dienone is 4. The van der Waals surface area contributed by atoms with Gasteiger partial charge in [-0.2, -0.15) is 0 Å². The molecule has 0 saturated carbocycles. The van der Waals surface area contributed by atoms with Crippen LogP contribution < -0.4 is 10.4 Å². The predicted octanol–water partition coefficient (Wildman–Crippen LogP) is 11.6. The van der Waals surface area contributed by atoms with Crippen molar-refractivity contribution in [3.8, 4) is 11.1 Å². The van der Waals surface area contributed by atoms with Gasteiger partial charge in [-0.25, -0.2) is 0 Å². The van der Waals surface area contributed by atoms with E-state index in [0.717, 1.165) is 67.5 Å². The van der Waals surface area contributed by atoms with Crippen LogP contribution in [0.3, 0.4) is 0 Å². The third kappa shape index (κ3) is 4.64. The van der Waals surface area contributed by atoms with Gasteiger partial charge in [0.25, 0.3) is 0 Å². The Kier molecular flexibility index (Phi) is 6.67. The molecule has 0 amide bonds. The van der Waals surface area contributed by atoms with Gasteiger partial charge in [-0.3, -0.25) is 0 Å². The maximum atomic E-state index is 6.62. The zero-order valence-electron chi connectivity index (χ0n) is 27.4. The SMILES string of the molecule is C1=CC(c2ccc(-c3ccccc3)cc2)=c2cccc/c2=C(c2cc3c4ccccc4oc3c3cc4oc5ccccc5c4cc23)/C=C/CC1. The third-order valence-electron chi connectivity index (χ3n) is 10.1. The second-order valence-corrected chi connectivity index (χ2v) is 13.1. The number of hydrogen-bond donors (Lipinski definition) is 0. The highest BCUT2D eigenvalue weighted by atomic mass is 16.3. The fraction of sp³-hybridized carbons (Fsp3) is 0.0417. The van der Waals surface area contributed by atoms with Crippen molar-refractivity contribution in [1.29, 1.82) is 0 Å². The summed E-state index contributed by atoms with van der Waals surface area (Å²) in [6.45, 7) is 0. The van der Waals surface area contributed by atoms with Crippen molar-refractivity contribution < 1.29 is 8.83 Å². The van der Waals surface area contributed by atoms with E-state index in [1.54, 1.807) is 0 Å². The van der Waals surface area contributed by atoms with E-state index in [2.05, 4.69) is 152 Å². The minimum atomic E-state index is 0.865. The minimum Gasteiger partial charge on any atom is -0.456 e. The van der Waals surface area contributed by atoms with Crippen molar-refractivity contribution in [2.24, 2.45) is 0 Å². The van der Waals surface area contributed by atoms with Gasteiger partial charge in [-0.1, -0.05) is 140 Å². The predicted molar refractivity (Wildman–Crippen MR) is 209 cm³/mol. The summed E-state index contributed by atoms with van der Waals surface area (Å²) < 4.78 is 13.0. The number of hydrogen-bond acceptors (Lipinski definition) is 2. The normalized spacial score (nSPS) is 15.3. The lowest BCUT2D eigenvalue weighted by Gasteiger charge is -2.13. The van der Waals surface area contributed by atoms with Gasteiger partial charge in [0, 0.05) is 26.9 Å². The van der Waals surface area contributed by atoms with E-state index < -0.39 is 0 Å². The van der Waals surface area contributed by atoms with E-state index in [-0.39, 0.29) is 0 Å². The maximum Gasteiger partial charge on any atom is 0.143 e.